The summed E-state index contributed by atoms with van der Waals surface area (Å²) in [6, 6.07) is 4.65. The van der Waals surface area contributed by atoms with E-state index in [0.29, 0.717) is 26.1 Å². The zero-order valence-corrected chi connectivity index (χ0v) is 12.4. The summed E-state index contributed by atoms with van der Waals surface area (Å²) in [5.74, 6) is 6.13. The van der Waals surface area contributed by atoms with Gasteiger partial charge in [-0.2, -0.15) is 9.97 Å². The van der Waals surface area contributed by atoms with E-state index in [1.165, 1.54) is 6.07 Å². The lowest BCUT2D eigenvalue weighted by Crippen LogP contribution is -2.10. The van der Waals surface area contributed by atoms with E-state index in [0.717, 1.165) is 0 Å². The Labute approximate surface area is 127 Å². The van der Waals surface area contributed by atoms with Crippen LogP contribution >= 0.6 is 39.1 Å². The third-order valence-electron chi connectivity index (χ3n) is 2.06. The van der Waals surface area contributed by atoms with Gasteiger partial charge in [-0.3, -0.25) is 0 Å². The average molecular weight is 365 g/mol. The van der Waals surface area contributed by atoms with E-state index in [1.54, 1.807) is 12.1 Å². The van der Waals surface area contributed by atoms with E-state index in [1.807, 2.05) is 0 Å². The van der Waals surface area contributed by atoms with Gasteiger partial charge in [0.1, 0.15) is 11.6 Å². The molecule has 100 valence electrons. The van der Waals surface area contributed by atoms with Crippen LogP contribution in [0.2, 0.25) is 10.0 Å². The van der Waals surface area contributed by atoms with Crippen LogP contribution in [0.15, 0.2) is 22.7 Å². The number of nitrogens with two attached hydrogens (primary N) is 2. The summed E-state index contributed by atoms with van der Waals surface area (Å²) >= 11 is 15.3. The van der Waals surface area contributed by atoms with Crippen LogP contribution in [-0.4, -0.2) is 9.97 Å². The van der Waals surface area contributed by atoms with Gasteiger partial charge in [-0.25, -0.2) is 5.84 Å². The Kier molecular flexibility index (Phi) is 4.31. The summed E-state index contributed by atoms with van der Waals surface area (Å²) < 4.78 is 6.17. The van der Waals surface area contributed by atoms with E-state index in [4.69, 9.17) is 39.5 Å². The zero-order chi connectivity index (χ0) is 14.0. The Bertz CT molecular complexity index is 625. The lowest BCUT2D eigenvalue weighted by atomic mass is 10.3. The largest absolute Gasteiger partial charge is 0.437 e. The van der Waals surface area contributed by atoms with Crippen molar-refractivity contribution in [3.63, 3.8) is 0 Å². The first-order valence-electron chi connectivity index (χ1n) is 4.93. The van der Waals surface area contributed by atoms with Crippen molar-refractivity contribution in [3.05, 3.63) is 32.7 Å². The van der Waals surface area contributed by atoms with Gasteiger partial charge in [0.15, 0.2) is 0 Å². The highest BCUT2D eigenvalue weighted by atomic mass is 79.9. The normalized spacial score (nSPS) is 10.3. The minimum atomic E-state index is 0.0183. The van der Waals surface area contributed by atoms with Crippen molar-refractivity contribution in [1.82, 2.24) is 9.97 Å². The maximum absolute atomic E-state index is 6.04. The van der Waals surface area contributed by atoms with E-state index >= 15 is 0 Å². The fourth-order valence-electron chi connectivity index (χ4n) is 1.26. The van der Waals surface area contributed by atoms with Crippen molar-refractivity contribution < 1.29 is 4.74 Å². The van der Waals surface area contributed by atoms with Gasteiger partial charge in [0.2, 0.25) is 11.8 Å². The van der Waals surface area contributed by atoms with Gasteiger partial charge in [0.25, 0.3) is 0 Å². The first-order chi connectivity index (χ1) is 8.99. The van der Waals surface area contributed by atoms with Crippen LogP contribution in [0.4, 0.5) is 11.8 Å². The number of anilines is 2. The Hall–Kier alpha value is -1.28. The highest BCUT2D eigenvalue weighted by Gasteiger charge is 2.10. The number of halogens is 3. The Morgan fingerprint density at radius 2 is 1.89 bits per heavy atom. The second kappa shape index (κ2) is 5.79. The lowest BCUT2D eigenvalue weighted by molar-refractivity contribution is 0.463. The molecule has 0 fully saturated rings. The minimum Gasteiger partial charge on any atom is -0.437 e. The quantitative estimate of drug-likeness (QED) is 0.439. The maximum Gasteiger partial charge on any atom is 0.226 e. The van der Waals surface area contributed by atoms with Gasteiger partial charge in [0, 0.05) is 16.6 Å². The molecule has 0 saturated carbocycles. The van der Waals surface area contributed by atoms with Crippen molar-refractivity contribution in [2.24, 2.45) is 5.84 Å². The van der Waals surface area contributed by atoms with Crippen molar-refractivity contribution in [2.75, 3.05) is 11.2 Å². The van der Waals surface area contributed by atoms with E-state index in [9.17, 15) is 0 Å². The molecule has 0 amide bonds. The summed E-state index contributed by atoms with van der Waals surface area (Å²) in [5.41, 5.74) is 7.87. The van der Waals surface area contributed by atoms with Gasteiger partial charge in [0.05, 0.1) is 10.0 Å². The highest BCUT2D eigenvalue weighted by molar-refractivity contribution is 9.10. The molecule has 5 N–H and O–H groups in total. The van der Waals surface area contributed by atoms with Crippen LogP contribution in [0.3, 0.4) is 0 Å². The van der Waals surface area contributed by atoms with Crippen LogP contribution < -0.4 is 21.7 Å². The molecule has 9 heteroatoms. The predicted octanol–water partition coefficient (Wildman–Crippen LogP) is 3.21. The number of rotatable bonds is 3. The summed E-state index contributed by atoms with van der Waals surface area (Å²) in [7, 11) is 0. The third-order valence-corrected chi connectivity index (χ3v) is 3.55. The Morgan fingerprint density at radius 1 is 1.16 bits per heavy atom. The summed E-state index contributed by atoms with van der Waals surface area (Å²) in [4.78, 5) is 7.74. The lowest BCUT2D eigenvalue weighted by Gasteiger charge is -2.09. The van der Waals surface area contributed by atoms with Crippen molar-refractivity contribution >= 4 is 50.9 Å². The van der Waals surface area contributed by atoms with Crippen LogP contribution in [0.5, 0.6) is 11.6 Å². The molecule has 0 bridgehead atoms. The molecule has 0 aliphatic heterocycles. The fraction of sp³-hybridized carbons (Fsp3) is 0. The first kappa shape index (κ1) is 14.1. The smallest absolute Gasteiger partial charge is 0.226 e. The molecule has 1 aromatic heterocycles. The fourth-order valence-corrected chi connectivity index (χ4v) is 2.10. The number of hydrazine groups is 1. The zero-order valence-electron chi connectivity index (χ0n) is 9.32. The van der Waals surface area contributed by atoms with Gasteiger partial charge in [-0.1, -0.05) is 23.2 Å². The van der Waals surface area contributed by atoms with Crippen LogP contribution in [0.25, 0.3) is 0 Å². The van der Waals surface area contributed by atoms with Gasteiger partial charge in [-0.15, -0.1) is 0 Å². The van der Waals surface area contributed by atoms with E-state index in [-0.39, 0.29) is 11.8 Å². The predicted molar refractivity (Wildman–Crippen MR) is 78.5 cm³/mol. The molecular formula is C10H8BrCl2N5O. The molecule has 1 aromatic carbocycles. The molecule has 1 heterocycles. The summed E-state index contributed by atoms with van der Waals surface area (Å²) in [6.45, 7) is 0. The molecule has 2 aromatic rings. The average Bonchev–Trinajstić information content (AvgIpc) is 2.35. The number of nitrogen functional groups attached to an aromatic ring is 2. The molecule has 0 unspecified atom stereocenters. The van der Waals surface area contributed by atoms with Gasteiger partial charge in [-0.05, 0) is 22.0 Å². The molecule has 0 saturated heterocycles. The van der Waals surface area contributed by atoms with Gasteiger partial charge >= 0.3 is 0 Å². The molecule has 0 radical (unpaired) electrons. The van der Waals surface area contributed by atoms with Crippen molar-refractivity contribution in [3.8, 4) is 11.6 Å². The highest BCUT2D eigenvalue weighted by Crippen LogP contribution is 2.36. The number of hydrogen-bond donors (Lipinski definition) is 3. The number of aromatic nitrogens is 2. The Balaban J connectivity index is 2.36. The SMILES string of the molecule is NNc1cc(Oc2cc(Cl)c(Br)cc2Cl)nc(N)n1. The van der Waals surface area contributed by atoms with Crippen molar-refractivity contribution in [1.29, 1.82) is 0 Å². The standard InChI is InChI=1S/C10H8BrCl2N5O/c11-4-1-6(13)7(2-5(4)12)19-9-3-8(18-15)16-10(14)17-9/h1-3H,15H2,(H3,14,16,17,18). The topological polar surface area (TPSA) is 99.1 Å². The van der Waals surface area contributed by atoms with Gasteiger partial charge < -0.3 is 15.9 Å². The summed E-state index contributed by atoms with van der Waals surface area (Å²) in [6.07, 6.45) is 0. The van der Waals surface area contributed by atoms with E-state index in [2.05, 4.69) is 31.3 Å². The molecule has 0 aliphatic rings. The molecule has 19 heavy (non-hydrogen) atoms. The number of benzene rings is 1. The molecule has 0 atom stereocenters. The van der Waals surface area contributed by atoms with Crippen LogP contribution in [0, 0.1) is 0 Å². The number of nitrogens with zero attached hydrogens (tertiary/aromatic N) is 2. The third kappa shape index (κ3) is 3.38. The number of nitrogens with one attached hydrogen (secondary N) is 1. The second-order valence-electron chi connectivity index (χ2n) is 3.39. The van der Waals surface area contributed by atoms with Crippen LogP contribution in [0.1, 0.15) is 0 Å². The molecule has 6 nitrogen and oxygen atoms in total. The Morgan fingerprint density at radius 3 is 2.58 bits per heavy atom. The molecule has 2 rings (SSSR count). The van der Waals surface area contributed by atoms with Crippen LogP contribution in [-0.2, 0) is 0 Å². The summed E-state index contributed by atoms with van der Waals surface area (Å²) in [5, 5.41) is 0.828. The minimum absolute atomic E-state index is 0.0183. The first-order valence-corrected chi connectivity index (χ1v) is 6.48. The van der Waals surface area contributed by atoms with Crippen molar-refractivity contribution in [2.45, 2.75) is 0 Å². The second-order valence-corrected chi connectivity index (χ2v) is 5.06. The monoisotopic (exact) mass is 363 g/mol. The van der Waals surface area contributed by atoms with E-state index < -0.39 is 0 Å². The maximum atomic E-state index is 6.04. The molecule has 0 spiro atoms. The number of hydrogen-bond acceptors (Lipinski definition) is 6. The number of ether oxygens (including phenoxy) is 1. The molecule has 0 aliphatic carbocycles. The molecular weight excluding hydrogens is 357 g/mol.